The van der Waals surface area contributed by atoms with Gasteiger partial charge < -0.3 is 15.7 Å². The van der Waals surface area contributed by atoms with E-state index in [2.05, 4.69) is 10.6 Å². The fourth-order valence-corrected chi connectivity index (χ4v) is 4.97. The zero-order valence-corrected chi connectivity index (χ0v) is 13.1. The molecule has 5 unspecified atom stereocenters. The highest BCUT2D eigenvalue weighted by Crippen LogP contribution is 2.48. The molecule has 3 aliphatic rings. The molecule has 2 fully saturated rings. The highest BCUT2D eigenvalue weighted by atomic mass is 19.1. The largest absolute Gasteiger partial charge is 0.396 e. The lowest BCUT2D eigenvalue weighted by Gasteiger charge is -2.31. The quantitative estimate of drug-likeness (QED) is 0.802. The van der Waals surface area contributed by atoms with Crippen LogP contribution in [0.4, 0.5) is 9.18 Å². The molecule has 2 bridgehead atoms. The van der Waals surface area contributed by atoms with Gasteiger partial charge in [-0.05, 0) is 67.2 Å². The van der Waals surface area contributed by atoms with E-state index in [4.69, 9.17) is 0 Å². The Morgan fingerprint density at radius 2 is 2.04 bits per heavy atom. The van der Waals surface area contributed by atoms with Gasteiger partial charge in [0.15, 0.2) is 0 Å². The third-order valence-electron chi connectivity index (χ3n) is 6.09. The maximum Gasteiger partial charge on any atom is 0.315 e. The van der Waals surface area contributed by atoms with Gasteiger partial charge in [-0.25, -0.2) is 9.18 Å². The van der Waals surface area contributed by atoms with E-state index in [0.717, 1.165) is 36.8 Å². The Kier molecular flexibility index (Phi) is 3.76. The molecule has 0 spiro atoms. The lowest BCUT2D eigenvalue weighted by atomic mass is 9.85. The summed E-state index contributed by atoms with van der Waals surface area (Å²) in [6.45, 7) is 0.142. The zero-order valence-electron chi connectivity index (χ0n) is 13.1. The zero-order chi connectivity index (χ0) is 16.0. The Morgan fingerprint density at radius 1 is 1.22 bits per heavy atom. The second-order valence-corrected chi connectivity index (χ2v) is 7.26. The molecule has 23 heavy (non-hydrogen) atoms. The molecule has 3 N–H and O–H groups in total. The third kappa shape index (κ3) is 2.61. The molecule has 0 aromatic heterocycles. The van der Waals surface area contributed by atoms with Crippen LogP contribution in [0.2, 0.25) is 0 Å². The van der Waals surface area contributed by atoms with Crippen LogP contribution in [0, 0.1) is 23.6 Å². The van der Waals surface area contributed by atoms with Crippen molar-refractivity contribution >= 4 is 6.03 Å². The van der Waals surface area contributed by atoms with Gasteiger partial charge in [0.05, 0.1) is 6.04 Å². The van der Waals surface area contributed by atoms with Crippen molar-refractivity contribution < 1.29 is 14.3 Å². The minimum atomic E-state index is -0.258. The number of hydrogen-bond acceptors (Lipinski definition) is 2. The Morgan fingerprint density at radius 3 is 2.87 bits per heavy atom. The number of carbonyl (C=O) groups excluding carboxylic acids is 1. The highest BCUT2D eigenvalue weighted by Gasteiger charge is 2.47. The standard InChI is InChI=1S/C18H23FN2O2/c19-13-5-3-10-4-6-16(14(10)8-13)20-18(23)21-17-12-2-1-11(7-12)15(17)9-22/h3,5,8,11-12,15-17,22H,1-2,4,6-7,9H2,(H2,20,21,23). The molecule has 0 heterocycles. The predicted molar refractivity (Wildman–Crippen MR) is 84.3 cm³/mol. The van der Waals surface area contributed by atoms with Gasteiger partial charge in [-0.3, -0.25) is 0 Å². The molecule has 2 amide bonds. The second kappa shape index (κ2) is 5.78. The number of aliphatic hydroxyl groups excluding tert-OH is 1. The number of halogens is 1. The number of carbonyl (C=O) groups is 1. The van der Waals surface area contributed by atoms with Gasteiger partial charge in [0.25, 0.3) is 0 Å². The summed E-state index contributed by atoms with van der Waals surface area (Å²) in [4.78, 5) is 12.4. The molecular weight excluding hydrogens is 295 g/mol. The smallest absolute Gasteiger partial charge is 0.315 e. The highest BCUT2D eigenvalue weighted by molar-refractivity contribution is 5.75. The van der Waals surface area contributed by atoms with Crippen molar-refractivity contribution in [2.24, 2.45) is 17.8 Å². The van der Waals surface area contributed by atoms with E-state index in [9.17, 15) is 14.3 Å². The van der Waals surface area contributed by atoms with E-state index in [1.807, 2.05) is 6.07 Å². The van der Waals surface area contributed by atoms with Crippen molar-refractivity contribution in [2.75, 3.05) is 6.61 Å². The minimum Gasteiger partial charge on any atom is -0.396 e. The van der Waals surface area contributed by atoms with Gasteiger partial charge in [-0.2, -0.15) is 0 Å². The number of aryl methyl sites for hydroxylation is 1. The predicted octanol–water partition coefficient (Wildman–Crippen LogP) is 2.52. The summed E-state index contributed by atoms with van der Waals surface area (Å²) in [6, 6.07) is 4.58. The molecule has 1 aromatic rings. The van der Waals surface area contributed by atoms with E-state index in [-0.39, 0.29) is 36.5 Å². The lowest BCUT2D eigenvalue weighted by Crippen LogP contribution is -2.49. The normalized spacial score (nSPS) is 34.4. The lowest BCUT2D eigenvalue weighted by molar-refractivity contribution is 0.144. The SMILES string of the molecule is O=C(NC1CCc2ccc(F)cc21)NC1C2CCC(C2)C1CO. The Balaban J connectivity index is 1.41. The van der Waals surface area contributed by atoms with Crippen LogP contribution in [0.3, 0.4) is 0 Å². The van der Waals surface area contributed by atoms with Crippen molar-refractivity contribution in [3.8, 4) is 0 Å². The van der Waals surface area contributed by atoms with E-state index in [1.165, 1.54) is 18.6 Å². The van der Waals surface area contributed by atoms with E-state index in [1.54, 1.807) is 0 Å². The summed E-state index contributed by atoms with van der Waals surface area (Å²) in [5, 5.41) is 15.7. The third-order valence-corrected chi connectivity index (χ3v) is 6.09. The van der Waals surface area contributed by atoms with Crippen LogP contribution < -0.4 is 10.6 Å². The van der Waals surface area contributed by atoms with Crippen molar-refractivity contribution in [3.05, 3.63) is 35.1 Å². The molecule has 5 heteroatoms. The van der Waals surface area contributed by atoms with Crippen LogP contribution in [0.25, 0.3) is 0 Å². The maximum atomic E-state index is 13.4. The maximum absolute atomic E-state index is 13.4. The first kappa shape index (κ1) is 14.9. The van der Waals surface area contributed by atoms with Crippen molar-refractivity contribution in [3.63, 3.8) is 0 Å². The molecule has 124 valence electrons. The topological polar surface area (TPSA) is 61.4 Å². The van der Waals surface area contributed by atoms with Crippen molar-refractivity contribution in [2.45, 2.75) is 44.2 Å². The van der Waals surface area contributed by atoms with E-state index >= 15 is 0 Å². The average Bonchev–Trinajstić information content (AvgIpc) is 3.22. The van der Waals surface area contributed by atoms with Crippen LogP contribution in [-0.4, -0.2) is 23.8 Å². The molecule has 0 saturated heterocycles. The second-order valence-electron chi connectivity index (χ2n) is 7.26. The van der Waals surface area contributed by atoms with Gasteiger partial charge in [-0.15, -0.1) is 0 Å². The number of fused-ring (bicyclic) bond motifs is 3. The number of nitrogens with one attached hydrogen (secondary N) is 2. The van der Waals surface area contributed by atoms with Crippen molar-refractivity contribution in [1.82, 2.24) is 10.6 Å². The van der Waals surface area contributed by atoms with Crippen LogP contribution >= 0.6 is 0 Å². The Hall–Kier alpha value is -1.62. The number of hydrogen-bond donors (Lipinski definition) is 3. The summed E-state index contributed by atoms with van der Waals surface area (Å²) in [7, 11) is 0. The summed E-state index contributed by atoms with van der Waals surface area (Å²) in [6.07, 6.45) is 5.11. The van der Waals surface area contributed by atoms with Crippen LogP contribution in [0.1, 0.15) is 42.9 Å². The number of aliphatic hydroxyl groups is 1. The molecule has 4 rings (SSSR count). The van der Waals surface area contributed by atoms with Crippen LogP contribution in [0.5, 0.6) is 0 Å². The molecule has 3 aliphatic carbocycles. The van der Waals surface area contributed by atoms with Gasteiger partial charge in [0.2, 0.25) is 0 Å². The van der Waals surface area contributed by atoms with Crippen molar-refractivity contribution in [1.29, 1.82) is 0 Å². The summed E-state index contributed by atoms with van der Waals surface area (Å²) in [5.74, 6) is 0.979. The minimum absolute atomic E-state index is 0.0760. The molecule has 5 atom stereocenters. The van der Waals surface area contributed by atoms with E-state index in [0.29, 0.717) is 11.8 Å². The first-order valence-electron chi connectivity index (χ1n) is 8.62. The number of urea groups is 1. The number of amides is 2. The monoisotopic (exact) mass is 318 g/mol. The number of rotatable bonds is 3. The summed E-state index contributed by atoms with van der Waals surface area (Å²) in [5.41, 5.74) is 2.01. The molecule has 4 nitrogen and oxygen atoms in total. The van der Waals surface area contributed by atoms with Crippen LogP contribution in [0.15, 0.2) is 18.2 Å². The van der Waals surface area contributed by atoms with Gasteiger partial charge in [-0.1, -0.05) is 6.07 Å². The Labute approximate surface area is 135 Å². The molecule has 0 aliphatic heterocycles. The number of benzene rings is 1. The molecule has 2 saturated carbocycles. The molecular formula is C18H23FN2O2. The molecule has 1 aromatic carbocycles. The van der Waals surface area contributed by atoms with E-state index < -0.39 is 0 Å². The fourth-order valence-electron chi connectivity index (χ4n) is 4.97. The Bertz CT molecular complexity index is 621. The molecule has 0 radical (unpaired) electrons. The summed E-state index contributed by atoms with van der Waals surface area (Å²) >= 11 is 0. The van der Waals surface area contributed by atoms with Gasteiger partial charge in [0.1, 0.15) is 5.82 Å². The first-order chi connectivity index (χ1) is 11.2. The fraction of sp³-hybridized carbons (Fsp3) is 0.611. The van der Waals surface area contributed by atoms with Gasteiger partial charge >= 0.3 is 6.03 Å². The summed E-state index contributed by atoms with van der Waals surface area (Å²) < 4.78 is 13.4. The van der Waals surface area contributed by atoms with Gasteiger partial charge in [0, 0.05) is 18.6 Å². The average molecular weight is 318 g/mol. The first-order valence-corrected chi connectivity index (χ1v) is 8.62. The van der Waals surface area contributed by atoms with Crippen LogP contribution in [-0.2, 0) is 6.42 Å².